The zero-order valence-electron chi connectivity index (χ0n) is 13.1. The number of carbonyl (C=O) groups excluding carboxylic acids is 2. The molecule has 1 saturated heterocycles. The Balaban J connectivity index is 2.80. The molecule has 146 valence electrons. The number of hydrogen-bond donors (Lipinski definition) is 8. The summed E-state index contributed by atoms with van der Waals surface area (Å²) in [4.78, 5) is 23.4. The van der Waals surface area contributed by atoms with Crippen molar-refractivity contribution in [2.24, 2.45) is 0 Å². The van der Waals surface area contributed by atoms with Crippen molar-refractivity contribution in [2.75, 3.05) is 12.4 Å². The summed E-state index contributed by atoms with van der Waals surface area (Å²) in [6.45, 7) is 0.419. The molecule has 0 saturated carbocycles. The van der Waals surface area contributed by atoms with E-state index in [1.54, 1.807) is 0 Å². The second kappa shape index (κ2) is 9.35. The molecule has 0 radical (unpaired) electrons. The van der Waals surface area contributed by atoms with Gasteiger partial charge in [-0.15, -0.1) is 0 Å². The normalized spacial score (nSPS) is 31.2. The first kappa shape index (κ1) is 22.4. The molecule has 1 aliphatic rings. The van der Waals surface area contributed by atoms with Gasteiger partial charge in [-0.2, -0.15) is 0 Å². The Morgan fingerprint density at radius 2 is 1.84 bits per heavy atom. The van der Waals surface area contributed by atoms with Gasteiger partial charge in [0.1, 0.15) is 0 Å². The summed E-state index contributed by atoms with van der Waals surface area (Å²) in [6, 6.07) is -2.84. The van der Waals surface area contributed by atoms with Crippen LogP contribution >= 0.6 is 10.0 Å². The Kier molecular flexibility index (Phi) is 8.38. The maximum atomic E-state index is 12.2. The summed E-state index contributed by atoms with van der Waals surface area (Å²) in [5, 5.41) is 42.8. The van der Waals surface area contributed by atoms with E-state index in [9.17, 15) is 28.6 Å². The third-order valence-electron chi connectivity index (χ3n) is 3.31. The van der Waals surface area contributed by atoms with Gasteiger partial charge in [0.15, 0.2) is 0 Å². The number of aliphatic hydroxyl groups excluding tert-OH is 4. The van der Waals surface area contributed by atoms with Gasteiger partial charge in [-0.05, 0) is 0 Å². The van der Waals surface area contributed by atoms with Crippen molar-refractivity contribution < 1.29 is 46.7 Å². The van der Waals surface area contributed by atoms with Crippen molar-refractivity contribution in [3.8, 4) is 0 Å². The molecule has 1 rings (SSSR count). The summed E-state index contributed by atoms with van der Waals surface area (Å²) >= 11 is -5.11. The zero-order chi connectivity index (χ0) is 19.4. The van der Waals surface area contributed by atoms with Crippen LogP contribution in [0.25, 0.3) is 0 Å². The number of hydrogen-bond acceptors (Lipinski definition) is 9. The van der Waals surface area contributed by atoms with E-state index in [0.717, 1.165) is 6.92 Å². The quantitative estimate of drug-likeness (QED) is 0.173. The van der Waals surface area contributed by atoms with E-state index in [1.807, 2.05) is 0 Å². The van der Waals surface area contributed by atoms with Gasteiger partial charge < -0.3 is 0 Å². The van der Waals surface area contributed by atoms with Gasteiger partial charge in [0.05, 0.1) is 0 Å². The molecule has 14 heteroatoms. The monoisotopic (exact) mass is 448 g/mol. The van der Waals surface area contributed by atoms with E-state index in [4.69, 9.17) is 18.0 Å². The zero-order valence-corrected chi connectivity index (χ0v) is 15.7. The number of rotatable bonds is 7. The summed E-state index contributed by atoms with van der Waals surface area (Å²) < 4.78 is 33.7. The number of ether oxygens (including phenoxy) is 1. The molecule has 0 aromatic heterocycles. The minimum absolute atomic E-state index is 0.193. The van der Waals surface area contributed by atoms with Gasteiger partial charge in [0.25, 0.3) is 0 Å². The first-order chi connectivity index (χ1) is 11.5. The number of amides is 2. The van der Waals surface area contributed by atoms with Crippen molar-refractivity contribution in [3.63, 3.8) is 0 Å². The fourth-order valence-corrected chi connectivity index (χ4v) is 4.86. The van der Waals surface area contributed by atoms with Crippen molar-refractivity contribution in [1.29, 1.82) is 0 Å². The van der Waals surface area contributed by atoms with Crippen LogP contribution in [0.1, 0.15) is 6.92 Å². The summed E-state index contributed by atoms with van der Waals surface area (Å²) in [5.74, 6) is -2.04. The predicted molar refractivity (Wildman–Crippen MR) is 82.9 cm³/mol. The molecule has 0 bridgehead atoms. The second-order valence-corrected chi connectivity index (χ2v) is 12.0. The van der Waals surface area contributed by atoms with E-state index in [0.29, 0.717) is 0 Å². The Labute approximate surface area is 148 Å². The van der Waals surface area contributed by atoms with Crippen molar-refractivity contribution in [2.45, 2.75) is 43.6 Å². The van der Waals surface area contributed by atoms with Gasteiger partial charge in [0.2, 0.25) is 0 Å². The first-order valence-electron chi connectivity index (χ1n) is 7.04. The maximum absolute atomic E-state index is 12.2. The molecule has 12 nitrogen and oxygen atoms in total. The molecule has 0 aliphatic carbocycles. The molecule has 25 heavy (non-hydrogen) atoms. The number of aliphatic hydroxyl groups is 4. The van der Waals surface area contributed by atoms with E-state index in [-0.39, 0.29) is 10.0 Å². The summed E-state index contributed by atoms with van der Waals surface area (Å²) in [5.41, 5.74) is 0. The van der Waals surface area contributed by atoms with E-state index >= 15 is 0 Å². The third-order valence-corrected chi connectivity index (χ3v) is 7.19. The van der Waals surface area contributed by atoms with Gasteiger partial charge in [-0.25, -0.2) is 0 Å². The van der Waals surface area contributed by atoms with Crippen LogP contribution in [0.2, 0.25) is 0 Å². The Hall–Kier alpha value is -0.632. The van der Waals surface area contributed by atoms with Gasteiger partial charge in [-0.1, -0.05) is 0 Å². The Morgan fingerprint density at radius 3 is 2.32 bits per heavy atom. The van der Waals surface area contributed by atoms with Crippen LogP contribution in [0.3, 0.4) is 0 Å². The number of carbonyl (C=O) groups is 2. The van der Waals surface area contributed by atoms with Crippen LogP contribution in [0.15, 0.2) is 0 Å². The van der Waals surface area contributed by atoms with Crippen LogP contribution in [0.4, 0.5) is 0 Å². The molecule has 1 fully saturated rings. The van der Waals surface area contributed by atoms with Crippen LogP contribution in [-0.2, 0) is 18.1 Å². The molecule has 0 spiro atoms. The standard InChI is InChI=1S/C11H21AsN2O10S/c1-4(16)13-5(3-25-12(21,22)23)10(19)14-7-9(18)8(17)6(2-15)24-11(7)20/h5-9,11,15,17-18,20H,2-3H2,1H3,(H,13,16)(H,14,19)(H2,21,22,23)/t5-,6+,7+,8+,9+,11-/m0/s1. The fourth-order valence-electron chi connectivity index (χ4n) is 2.12. The minimum atomic E-state index is -5.11. The average Bonchev–Trinajstić information content (AvgIpc) is 2.50. The summed E-state index contributed by atoms with van der Waals surface area (Å²) in [6.07, 6.45) is -6.28. The second-order valence-electron chi connectivity index (χ2n) is 5.30. The first-order valence-corrected chi connectivity index (χ1v) is 12.7. The van der Waals surface area contributed by atoms with Crippen LogP contribution in [0.5, 0.6) is 0 Å². The van der Waals surface area contributed by atoms with Crippen molar-refractivity contribution in [3.05, 3.63) is 0 Å². The Morgan fingerprint density at radius 1 is 1.24 bits per heavy atom. The van der Waals surface area contributed by atoms with Crippen molar-refractivity contribution in [1.82, 2.24) is 10.6 Å². The molecule has 6 atom stereocenters. The van der Waals surface area contributed by atoms with E-state index in [1.165, 1.54) is 0 Å². The summed E-state index contributed by atoms with van der Waals surface area (Å²) in [7, 11) is 0.193. The fraction of sp³-hybridized carbons (Fsp3) is 0.818. The molecular weight excluding hydrogens is 427 g/mol. The van der Waals surface area contributed by atoms with Crippen LogP contribution in [0, 0.1) is 0 Å². The number of nitrogens with one attached hydrogen (secondary N) is 2. The predicted octanol–water partition coefficient (Wildman–Crippen LogP) is -5.01. The molecule has 8 N–H and O–H groups in total. The Bertz CT molecular complexity index is 531. The molecule has 1 heterocycles. The SMILES string of the molecule is CC(=O)N[C@@H](CS[As](=O)(O)O)C(=O)N[C@@H]1[C@@H](O)[C@H](O)[C@@H](CO)O[C@@H]1O. The van der Waals surface area contributed by atoms with E-state index < -0.39 is 73.9 Å². The third kappa shape index (κ3) is 6.88. The van der Waals surface area contributed by atoms with Crippen LogP contribution in [-0.4, -0.2) is 102 Å². The molecule has 0 aromatic carbocycles. The van der Waals surface area contributed by atoms with Gasteiger partial charge >= 0.3 is 148 Å². The molecule has 1 aliphatic heterocycles. The molecule has 0 unspecified atom stereocenters. The van der Waals surface area contributed by atoms with Crippen molar-refractivity contribution >= 4 is 34.9 Å². The van der Waals surface area contributed by atoms with Gasteiger partial charge in [-0.3, -0.25) is 0 Å². The van der Waals surface area contributed by atoms with Crippen LogP contribution < -0.4 is 10.6 Å². The van der Waals surface area contributed by atoms with Gasteiger partial charge in [0, 0.05) is 0 Å². The average molecular weight is 448 g/mol. The molecule has 0 aromatic rings. The molecular formula is C11H21AsN2O10S. The topological polar surface area (TPSA) is 206 Å². The van der Waals surface area contributed by atoms with E-state index in [2.05, 4.69) is 10.6 Å². The molecule has 2 amide bonds.